The molecule has 4 aromatic rings. The van der Waals surface area contributed by atoms with Gasteiger partial charge in [-0.1, -0.05) is 26.3 Å². The molecule has 7 nitrogen and oxygen atoms in total. The third-order valence-electron chi connectivity index (χ3n) is 6.23. The van der Waals surface area contributed by atoms with Gasteiger partial charge in [0.05, 0.1) is 11.2 Å². The first-order chi connectivity index (χ1) is 16.1. The third kappa shape index (κ3) is 4.18. The molecule has 0 bridgehead atoms. The molecule has 1 aliphatic heterocycles. The monoisotopic (exact) mass is 441 g/mol. The molecule has 1 aromatic carbocycles. The minimum Gasteiger partial charge on any atom is -0.410 e. The molecular weight excluding hydrogens is 414 g/mol. The lowest BCUT2D eigenvalue weighted by Gasteiger charge is -2.12. The van der Waals surface area contributed by atoms with E-state index in [4.69, 9.17) is 9.84 Å². The maximum Gasteiger partial charge on any atom is 0.412 e. The Balaban J connectivity index is 1.51. The highest BCUT2D eigenvalue weighted by Crippen LogP contribution is 2.40. The van der Waals surface area contributed by atoms with Gasteiger partial charge < -0.3 is 10.1 Å². The fraction of sp³-hybridized carbons (Fsp3) is 0.308. The summed E-state index contributed by atoms with van der Waals surface area (Å²) in [6, 6.07) is 13.5. The zero-order valence-corrected chi connectivity index (χ0v) is 18.9. The van der Waals surface area contributed by atoms with Crippen molar-refractivity contribution in [3.63, 3.8) is 0 Å². The number of aryl methyl sites for hydroxylation is 1. The minimum absolute atomic E-state index is 0.407. The highest BCUT2D eigenvalue weighted by molar-refractivity contribution is 5.99. The van der Waals surface area contributed by atoms with Crippen LogP contribution in [0.15, 0.2) is 54.9 Å². The molecular formula is C26H27N5O2. The maximum absolute atomic E-state index is 12.2. The number of hydrogen-bond donors (Lipinski definition) is 1. The standard InChI is InChI=1S/C26H27N5O2/c1-3-17(2)16-29-26(32)33-18-9-10-19-20(11-13-28-22(19)15-18)24-23-8-6-14-31(23)30-25(24)21-7-4-5-12-27-21/h4-5,7,9-13,15,17H,3,6,8,14,16H2,1-2H3,(H,29,32)/t17-/m0/s1. The Morgan fingerprint density at radius 1 is 1.18 bits per heavy atom. The first-order valence-corrected chi connectivity index (χ1v) is 11.5. The number of rotatable bonds is 6. The number of carbonyl (C=O) groups is 1. The van der Waals surface area contributed by atoms with Gasteiger partial charge in [-0.15, -0.1) is 0 Å². The van der Waals surface area contributed by atoms with Crippen molar-refractivity contribution in [2.24, 2.45) is 5.92 Å². The Kier molecular flexibility index (Phi) is 5.77. The van der Waals surface area contributed by atoms with Gasteiger partial charge in [0.2, 0.25) is 0 Å². The van der Waals surface area contributed by atoms with E-state index < -0.39 is 6.09 Å². The van der Waals surface area contributed by atoms with E-state index >= 15 is 0 Å². The van der Waals surface area contributed by atoms with Crippen LogP contribution in [0, 0.1) is 5.92 Å². The summed E-state index contributed by atoms with van der Waals surface area (Å²) in [6.07, 6.45) is 6.22. The maximum atomic E-state index is 12.2. The second-order valence-electron chi connectivity index (χ2n) is 8.53. The molecule has 0 spiro atoms. The van der Waals surface area contributed by atoms with Gasteiger partial charge in [-0.3, -0.25) is 14.6 Å². The van der Waals surface area contributed by atoms with Gasteiger partial charge >= 0.3 is 6.09 Å². The number of nitrogens with zero attached hydrogens (tertiary/aromatic N) is 4. The molecule has 0 aliphatic carbocycles. The summed E-state index contributed by atoms with van der Waals surface area (Å²) in [4.78, 5) is 21.3. The predicted molar refractivity (Wildman–Crippen MR) is 128 cm³/mol. The first-order valence-electron chi connectivity index (χ1n) is 11.5. The molecule has 1 aliphatic rings. The zero-order valence-electron chi connectivity index (χ0n) is 18.9. The number of benzene rings is 1. The van der Waals surface area contributed by atoms with E-state index in [0.717, 1.165) is 59.2 Å². The molecule has 33 heavy (non-hydrogen) atoms. The fourth-order valence-electron chi connectivity index (χ4n) is 4.25. The van der Waals surface area contributed by atoms with Crippen LogP contribution in [0.5, 0.6) is 5.75 Å². The number of fused-ring (bicyclic) bond motifs is 2. The van der Waals surface area contributed by atoms with Crippen LogP contribution >= 0.6 is 0 Å². The molecule has 0 fully saturated rings. The van der Waals surface area contributed by atoms with Gasteiger partial charge in [0.25, 0.3) is 0 Å². The Hall–Kier alpha value is -3.74. The van der Waals surface area contributed by atoms with Crippen LogP contribution in [0.3, 0.4) is 0 Å². The van der Waals surface area contributed by atoms with Crippen LogP contribution in [-0.2, 0) is 13.0 Å². The second kappa shape index (κ2) is 9.02. The number of aromatic nitrogens is 4. The van der Waals surface area contributed by atoms with E-state index in [0.29, 0.717) is 18.2 Å². The van der Waals surface area contributed by atoms with Gasteiger partial charge in [0.1, 0.15) is 11.4 Å². The Morgan fingerprint density at radius 2 is 2.09 bits per heavy atom. The Morgan fingerprint density at radius 3 is 2.91 bits per heavy atom. The number of pyridine rings is 2. The lowest BCUT2D eigenvalue weighted by molar-refractivity contribution is 0.198. The van der Waals surface area contributed by atoms with Crippen molar-refractivity contribution >= 4 is 17.0 Å². The third-order valence-corrected chi connectivity index (χ3v) is 6.23. The number of ether oxygens (including phenoxy) is 1. The topological polar surface area (TPSA) is 81.9 Å². The van der Waals surface area contributed by atoms with Crippen molar-refractivity contribution in [2.75, 3.05) is 6.54 Å². The predicted octanol–water partition coefficient (Wildman–Crippen LogP) is 5.24. The molecule has 3 aromatic heterocycles. The van der Waals surface area contributed by atoms with Gasteiger partial charge in [0, 0.05) is 48.2 Å². The minimum atomic E-state index is -0.447. The zero-order chi connectivity index (χ0) is 22.8. The number of hydrogen-bond acceptors (Lipinski definition) is 5. The summed E-state index contributed by atoms with van der Waals surface area (Å²) in [5.74, 6) is 0.878. The number of nitrogens with one attached hydrogen (secondary N) is 1. The normalized spacial score (nSPS) is 13.6. The van der Waals surface area contributed by atoms with Crippen molar-refractivity contribution in [1.29, 1.82) is 0 Å². The van der Waals surface area contributed by atoms with Gasteiger partial charge in [-0.25, -0.2) is 4.79 Å². The summed E-state index contributed by atoms with van der Waals surface area (Å²) in [5.41, 5.74) is 5.92. The highest BCUT2D eigenvalue weighted by atomic mass is 16.6. The Labute approximate surface area is 192 Å². The van der Waals surface area contributed by atoms with E-state index in [1.807, 2.05) is 42.5 Å². The van der Waals surface area contributed by atoms with Crippen molar-refractivity contribution in [2.45, 2.75) is 39.7 Å². The van der Waals surface area contributed by atoms with Gasteiger partial charge in [0.15, 0.2) is 0 Å². The van der Waals surface area contributed by atoms with Gasteiger partial charge in [-0.2, -0.15) is 5.10 Å². The summed E-state index contributed by atoms with van der Waals surface area (Å²) >= 11 is 0. The number of amides is 1. The summed E-state index contributed by atoms with van der Waals surface area (Å²) < 4.78 is 7.60. The number of carbonyl (C=O) groups excluding carboxylic acids is 1. The van der Waals surface area contributed by atoms with E-state index in [1.54, 1.807) is 12.4 Å². The van der Waals surface area contributed by atoms with Crippen LogP contribution in [0.1, 0.15) is 32.4 Å². The fourth-order valence-corrected chi connectivity index (χ4v) is 4.25. The average molecular weight is 442 g/mol. The molecule has 0 unspecified atom stereocenters. The van der Waals surface area contributed by atoms with Crippen LogP contribution in [-0.4, -0.2) is 32.4 Å². The lowest BCUT2D eigenvalue weighted by atomic mass is 9.96. The van der Waals surface area contributed by atoms with Crippen LogP contribution in [0.25, 0.3) is 33.4 Å². The van der Waals surface area contributed by atoms with Crippen molar-refractivity contribution in [3.05, 3.63) is 60.6 Å². The van der Waals surface area contributed by atoms with Crippen molar-refractivity contribution in [3.8, 4) is 28.3 Å². The second-order valence-corrected chi connectivity index (χ2v) is 8.53. The quantitative estimate of drug-likeness (QED) is 0.442. The van der Waals surface area contributed by atoms with E-state index in [1.165, 1.54) is 5.69 Å². The molecule has 7 heteroatoms. The molecule has 168 valence electrons. The largest absolute Gasteiger partial charge is 0.412 e. The molecule has 0 radical (unpaired) electrons. The summed E-state index contributed by atoms with van der Waals surface area (Å²) in [7, 11) is 0. The van der Waals surface area contributed by atoms with E-state index in [-0.39, 0.29) is 0 Å². The SMILES string of the molecule is CC[C@H](C)CNC(=O)Oc1ccc2c(-c3c(-c4ccccn4)nn4c3CCC4)ccnc2c1. The summed E-state index contributed by atoms with van der Waals surface area (Å²) in [5, 5.41) is 8.71. The molecule has 4 heterocycles. The average Bonchev–Trinajstić information content (AvgIpc) is 3.44. The lowest BCUT2D eigenvalue weighted by Crippen LogP contribution is -2.30. The van der Waals surface area contributed by atoms with Crippen molar-refractivity contribution in [1.82, 2.24) is 25.1 Å². The van der Waals surface area contributed by atoms with Crippen LogP contribution in [0.4, 0.5) is 4.79 Å². The molecule has 0 saturated heterocycles. The molecule has 1 atom stereocenters. The summed E-state index contributed by atoms with van der Waals surface area (Å²) in [6.45, 7) is 5.70. The van der Waals surface area contributed by atoms with Crippen LogP contribution < -0.4 is 10.1 Å². The van der Waals surface area contributed by atoms with Gasteiger partial charge in [-0.05, 0) is 54.7 Å². The van der Waals surface area contributed by atoms with Crippen molar-refractivity contribution < 1.29 is 9.53 Å². The smallest absolute Gasteiger partial charge is 0.410 e. The molecule has 1 N–H and O–H groups in total. The highest BCUT2D eigenvalue weighted by Gasteiger charge is 2.25. The van der Waals surface area contributed by atoms with E-state index in [9.17, 15) is 4.79 Å². The molecule has 1 amide bonds. The van der Waals surface area contributed by atoms with Crippen LogP contribution in [0.2, 0.25) is 0 Å². The molecule has 5 rings (SSSR count). The van der Waals surface area contributed by atoms with E-state index in [2.05, 4.69) is 33.8 Å². The molecule has 0 saturated carbocycles. The first kappa shape index (κ1) is 21.1. The Bertz CT molecular complexity index is 1300.